The number of piperidine rings is 1. The number of nitro groups is 1. The van der Waals surface area contributed by atoms with E-state index in [2.05, 4.69) is 0 Å². The molecule has 0 radical (unpaired) electrons. The van der Waals surface area contributed by atoms with Crippen LogP contribution < -0.4 is 0 Å². The molecule has 0 spiro atoms. The van der Waals surface area contributed by atoms with Crippen LogP contribution in [0, 0.1) is 10.1 Å². The largest absolute Gasteiger partial charge is 0.478 e. The second-order valence-corrected chi connectivity index (χ2v) is 6.04. The maximum Gasteiger partial charge on any atom is 0.335 e. The summed E-state index contributed by atoms with van der Waals surface area (Å²) in [7, 11) is 1.63. The first kappa shape index (κ1) is 19.8. The number of rotatable bonds is 8. The minimum atomic E-state index is -1.31. The summed E-state index contributed by atoms with van der Waals surface area (Å²) in [5, 5.41) is 20.1. The SMILES string of the molecule is COCCCOC1CCN(C(=O)c2cc(C(=O)O)cc([N+](=O)[O-])c2)CC1. The Balaban J connectivity index is 1.99. The highest BCUT2D eigenvalue weighted by atomic mass is 16.6. The minimum Gasteiger partial charge on any atom is -0.478 e. The number of aromatic carboxylic acids is 1. The predicted molar refractivity (Wildman–Crippen MR) is 91.4 cm³/mol. The molecule has 0 aromatic heterocycles. The molecule has 1 aliphatic heterocycles. The molecule has 0 atom stereocenters. The van der Waals surface area contributed by atoms with Crippen molar-refractivity contribution in [2.45, 2.75) is 25.4 Å². The minimum absolute atomic E-state index is 0.0102. The van der Waals surface area contributed by atoms with Gasteiger partial charge in [-0.25, -0.2) is 4.79 Å². The fourth-order valence-corrected chi connectivity index (χ4v) is 2.82. The first-order valence-electron chi connectivity index (χ1n) is 8.35. The molecule has 1 saturated heterocycles. The molecule has 0 unspecified atom stereocenters. The van der Waals surface area contributed by atoms with Crippen molar-refractivity contribution in [2.75, 3.05) is 33.4 Å². The van der Waals surface area contributed by atoms with E-state index in [1.807, 2.05) is 0 Å². The highest BCUT2D eigenvalue weighted by molar-refractivity contribution is 5.98. The Labute approximate surface area is 150 Å². The van der Waals surface area contributed by atoms with Crippen LogP contribution in [0.2, 0.25) is 0 Å². The molecule has 0 saturated carbocycles. The van der Waals surface area contributed by atoms with E-state index in [0.29, 0.717) is 39.1 Å². The summed E-state index contributed by atoms with van der Waals surface area (Å²) in [5.41, 5.74) is -0.681. The number of likely N-dealkylation sites (tertiary alicyclic amines) is 1. The summed E-state index contributed by atoms with van der Waals surface area (Å²) in [6.45, 7) is 2.15. The highest BCUT2D eigenvalue weighted by Gasteiger charge is 2.26. The van der Waals surface area contributed by atoms with Crippen molar-refractivity contribution in [2.24, 2.45) is 0 Å². The Hall–Kier alpha value is -2.52. The number of nitro benzene ring substituents is 1. The van der Waals surface area contributed by atoms with E-state index in [0.717, 1.165) is 18.6 Å². The average Bonchev–Trinajstić information content (AvgIpc) is 2.64. The lowest BCUT2D eigenvalue weighted by atomic mass is 10.0. The molecule has 1 heterocycles. The number of hydrogen-bond acceptors (Lipinski definition) is 6. The number of benzene rings is 1. The number of carbonyl (C=O) groups excluding carboxylic acids is 1. The number of carboxylic acids is 1. The van der Waals surface area contributed by atoms with Crippen molar-refractivity contribution in [3.8, 4) is 0 Å². The van der Waals surface area contributed by atoms with Gasteiger partial charge in [0, 0.05) is 51.1 Å². The van der Waals surface area contributed by atoms with Gasteiger partial charge in [0.15, 0.2) is 0 Å². The second kappa shape index (κ2) is 9.25. The third-order valence-corrected chi connectivity index (χ3v) is 4.20. The van der Waals surface area contributed by atoms with Crippen LogP contribution in [0.25, 0.3) is 0 Å². The molecular formula is C17H22N2O7. The second-order valence-electron chi connectivity index (χ2n) is 6.04. The van der Waals surface area contributed by atoms with Crippen LogP contribution in [0.3, 0.4) is 0 Å². The van der Waals surface area contributed by atoms with Gasteiger partial charge in [-0.15, -0.1) is 0 Å². The van der Waals surface area contributed by atoms with Gasteiger partial charge in [-0.05, 0) is 25.3 Å². The van der Waals surface area contributed by atoms with Crippen LogP contribution in [0.4, 0.5) is 5.69 Å². The summed E-state index contributed by atoms with van der Waals surface area (Å²) in [6.07, 6.45) is 2.20. The Bertz CT molecular complexity index is 637. The molecule has 26 heavy (non-hydrogen) atoms. The van der Waals surface area contributed by atoms with Crippen molar-refractivity contribution in [3.05, 3.63) is 39.4 Å². The zero-order chi connectivity index (χ0) is 19.1. The number of nitrogens with zero attached hydrogens (tertiary/aromatic N) is 2. The van der Waals surface area contributed by atoms with Crippen LogP contribution in [-0.2, 0) is 9.47 Å². The van der Waals surface area contributed by atoms with Crippen molar-refractivity contribution in [1.29, 1.82) is 0 Å². The Morgan fingerprint density at radius 3 is 2.46 bits per heavy atom. The Morgan fingerprint density at radius 2 is 1.88 bits per heavy atom. The van der Waals surface area contributed by atoms with Gasteiger partial charge in [-0.3, -0.25) is 14.9 Å². The average molecular weight is 366 g/mol. The summed E-state index contributed by atoms with van der Waals surface area (Å²) in [4.78, 5) is 35.6. The van der Waals surface area contributed by atoms with Crippen molar-refractivity contribution in [3.63, 3.8) is 0 Å². The van der Waals surface area contributed by atoms with Gasteiger partial charge in [0.1, 0.15) is 0 Å². The van der Waals surface area contributed by atoms with Gasteiger partial charge in [-0.2, -0.15) is 0 Å². The first-order valence-corrected chi connectivity index (χ1v) is 8.35. The van der Waals surface area contributed by atoms with Crippen LogP contribution in [0.15, 0.2) is 18.2 Å². The lowest BCUT2D eigenvalue weighted by Crippen LogP contribution is -2.41. The molecular weight excluding hydrogens is 344 g/mol. The summed E-state index contributed by atoms with van der Waals surface area (Å²) in [5.74, 6) is -1.72. The number of amides is 1. The zero-order valence-corrected chi connectivity index (χ0v) is 14.6. The molecule has 1 amide bonds. The van der Waals surface area contributed by atoms with E-state index in [1.54, 1.807) is 12.0 Å². The van der Waals surface area contributed by atoms with E-state index in [1.165, 1.54) is 6.07 Å². The van der Waals surface area contributed by atoms with Crippen LogP contribution in [0.1, 0.15) is 40.0 Å². The summed E-state index contributed by atoms with van der Waals surface area (Å²) < 4.78 is 10.7. The molecule has 9 nitrogen and oxygen atoms in total. The molecule has 0 aliphatic carbocycles. The molecule has 9 heteroatoms. The van der Waals surface area contributed by atoms with E-state index < -0.39 is 22.5 Å². The maximum atomic E-state index is 12.6. The van der Waals surface area contributed by atoms with Gasteiger partial charge < -0.3 is 19.5 Å². The number of carbonyl (C=O) groups is 2. The molecule has 1 N–H and O–H groups in total. The molecule has 0 bridgehead atoms. The Kier molecular flexibility index (Phi) is 7.05. The smallest absolute Gasteiger partial charge is 0.335 e. The van der Waals surface area contributed by atoms with Crippen molar-refractivity contribution in [1.82, 2.24) is 4.90 Å². The predicted octanol–water partition coefficient (Wildman–Crippen LogP) is 1.95. The molecule has 2 rings (SSSR count). The summed E-state index contributed by atoms with van der Waals surface area (Å²) in [6, 6.07) is 3.23. The number of carboxylic acid groups (broad SMARTS) is 1. The maximum absolute atomic E-state index is 12.6. The molecule has 1 fully saturated rings. The number of ether oxygens (including phenoxy) is 2. The van der Waals surface area contributed by atoms with Gasteiger partial charge in [0.05, 0.1) is 16.6 Å². The van der Waals surface area contributed by atoms with Crippen LogP contribution in [-0.4, -0.2) is 66.3 Å². The highest BCUT2D eigenvalue weighted by Crippen LogP contribution is 2.21. The van der Waals surface area contributed by atoms with Crippen LogP contribution in [0.5, 0.6) is 0 Å². The van der Waals surface area contributed by atoms with E-state index in [4.69, 9.17) is 14.6 Å². The monoisotopic (exact) mass is 366 g/mol. The topological polar surface area (TPSA) is 119 Å². The van der Waals surface area contributed by atoms with Crippen LogP contribution >= 0.6 is 0 Å². The molecule has 1 aliphatic rings. The van der Waals surface area contributed by atoms with Gasteiger partial charge >= 0.3 is 5.97 Å². The third-order valence-electron chi connectivity index (χ3n) is 4.20. The Morgan fingerprint density at radius 1 is 1.23 bits per heavy atom. The van der Waals surface area contributed by atoms with Crippen molar-refractivity contribution < 1.29 is 29.1 Å². The summed E-state index contributed by atoms with van der Waals surface area (Å²) >= 11 is 0. The quantitative estimate of drug-likeness (QED) is 0.424. The normalized spacial score (nSPS) is 15.0. The van der Waals surface area contributed by atoms with E-state index in [-0.39, 0.29) is 17.2 Å². The van der Waals surface area contributed by atoms with Crippen molar-refractivity contribution >= 4 is 17.6 Å². The first-order chi connectivity index (χ1) is 12.4. The molecule has 1 aromatic rings. The van der Waals surface area contributed by atoms with E-state index in [9.17, 15) is 19.7 Å². The number of methoxy groups -OCH3 is 1. The molecule has 142 valence electrons. The lowest BCUT2D eigenvalue weighted by Gasteiger charge is -2.32. The third kappa shape index (κ3) is 5.24. The van der Waals surface area contributed by atoms with Gasteiger partial charge in [0.2, 0.25) is 0 Å². The zero-order valence-electron chi connectivity index (χ0n) is 14.6. The van der Waals surface area contributed by atoms with Gasteiger partial charge in [0.25, 0.3) is 11.6 Å². The fraction of sp³-hybridized carbons (Fsp3) is 0.529. The lowest BCUT2D eigenvalue weighted by molar-refractivity contribution is -0.384. The fourth-order valence-electron chi connectivity index (χ4n) is 2.82. The number of hydrogen-bond donors (Lipinski definition) is 1. The standard InChI is InChI=1S/C17H22N2O7/c1-25-7-2-8-26-15-3-5-18(6-4-15)16(20)12-9-13(17(21)22)11-14(10-12)19(23)24/h9-11,15H,2-8H2,1H3,(H,21,22). The number of non-ortho nitro benzene ring substituents is 1. The van der Waals surface area contributed by atoms with Gasteiger partial charge in [-0.1, -0.05) is 0 Å². The molecule has 1 aromatic carbocycles. The van der Waals surface area contributed by atoms with E-state index >= 15 is 0 Å².